The van der Waals surface area contributed by atoms with Gasteiger partial charge in [0.05, 0.1) is 11.7 Å². The number of rotatable bonds is 5. The fraction of sp³-hybridized carbons (Fsp3) is 0.857. The smallest absolute Gasteiger partial charge is 0.226 e. The van der Waals surface area contributed by atoms with Crippen molar-refractivity contribution in [3.05, 3.63) is 11.9 Å². The number of hydrogen-bond acceptors (Lipinski definition) is 3. The number of likely N-dealkylation sites (tertiary alicyclic amines) is 1. The van der Waals surface area contributed by atoms with Gasteiger partial charge in [-0.15, -0.1) is 5.10 Å². The summed E-state index contributed by atoms with van der Waals surface area (Å²) < 4.78 is 2.09. The van der Waals surface area contributed by atoms with E-state index in [1.54, 1.807) is 0 Å². The van der Waals surface area contributed by atoms with Gasteiger partial charge in [0, 0.05) is 31.1 Å². The first kappa shape index (κ1) is 18.0. The third kappa shape index (κ3) is 3.29. The van der Waals surface area contributed by atoms with E-state index in [4.69, 9.17) is 0 Å². The summed E-state index contributed by atoms with van der Waals surface area (Å²) in [5, 5.41) is 8.93. The molecule has 0 N–H and O–H groups in total. The molecule has 1 aliphatic heterocycles. The van der Waals surface area contributed by atoms with Gasteiger partial charge in [-0.3, -0.25) is 4.79 Å². The summed E-state index contributed by atoms with van der Waals surface area (Å²) in [5.41, 5.74) is 1.51. The van der Waals surface area contributed by atoms with E-state index in [1.165, 1.54) is 37.8 Å². The van der Waals surface area contributed by atoms with Gasteiger partial charge in [-0.2, -0.15) is 0 Å². The molecule has 5 nitrogen and oxygen atoms in total. The summed E-state index contributed by atoms with van der Waals surface area (Å²) in [4.78, 5) is 15.0. The van der Waals surface area contributed by atoms with Crippen LogP contribution in [0, 0.1) is 11.3 Å². The third-order valence-electron chi connectivity index (χ3n) is 7.60. The molecule has 3 aliphatic rings. The first-order chi connectivity index (χ1) is 12.7. The third-order valence-corrected chi connectivity index (χ3v) is 7.60. The Kier molecular flexibility index (Phi) is 5.07. The number of carbonyl (C=O) groups excluding carboxylic acids is 1. The molecule has 2 saturated carbocycles. The zero-order chi connectivity index (χ0) is 18.1. The van der Waals surface area contributed by atoms with Gasteiger partial charge < -0.3 is 4.90 Å². The van der Waals surface area contributed by atoms with Gasteiger partial charge >= 0.3 is 0 Å². The fourth-order valence-electron chi connectivity index (χ4n) is 5.35. The summed E-state index contributed by atoms with van der Waals surface area (Å²) in [6.07, 6.45) is 14.2. The summed E-state index contributed by atoms with van der Waals surface area (Å²) in [7, 11) is 0. The van der Waals surface area contributed by atoms with Crippen molar-refractivity contribution in [2.75, 3.05) is 13.1 Å². The number of nitrogens with zero attached hydrogens (tertiary/aromatic N) is 4. The second-order valence-electron chi connectivity index (χ2n) is 8.84. The minimum atomic E-state index is 0.290. The predicted octanol–water partition coefficient (Wildman–Crippen LogP) is 4.32. The fourth-order valence-corrected chi connectivity index (χ4v) is 5.35. The van der Waals surface area contributed by atoms with Crippen LogP contribution in [-0.4, -0.2) is 38.9 Å². The number of carbonyl (C=O) groups is 1. The average Bonchev–Trinajstić information content (AvgIpc) is 3.24. The second kappa shape index (κ2) is 7.32. The van der Waals surface area contributed by atoms with Crippen molar-refractivity contribution < 1.29 is 4.79 Å². The lowest BCUT2D eigenvalue weighted by atomic mass is 9.87. The molecular formula is C21H34N4O. The maximum absolute atomic E-state index is 12.8. The van der Waals surface area contributed by atoms with Crippen LogP contribution in [0.15, 0.2) is 6.20 Å². The Morgan fingerprint density at radius 3 is 2.42 bits per heavy atom. The molecule has 2 heterocycles. The molecule has 0 radical (unpaired) electrons. The van der Waals surface area contributed by atoms with E-state index in [1.807, 2.05) is 0 Å². The molecule has 0 spiro atoms. The molecule has 4 rings (SSSR count). The van der Waals surface area contributed by atoms with Gasteiger partial charge in [0.1, 0.15) is 0 Å². The van der Waals surface area contributed by atoms with Crippen molar-refractivity contribution >= 4 is 5.91 Å². The predicted molar refractivity (Wildman–Crippen MR) is 102 cm³/mol. The van der Waals surface area contributed by atoms with Gasteiger partial charge in [0.25, 0.3) is 0 Å². The molecule has 2 aliphatic carbocycles. The van der Waals surface area contributed by atoms with E-state index in [2.05, 4.69) is 39.9 Å². The molecule has 0 unspecified atom stereocenters. The summed E-state index contributed by atoms with van der Waals surface area (Å²) in [6, 6.07) is 0.408. The highest BCUT2D eigenvalue weighted by Gasteiger charge is 2.56. The number of amides is 1. The van der Waals surface area contributed by atoms with E-state index in [-0.39, 0.29) is 0 Å². The molecule has 1 atom stereocenters. The molecule has 0 aromatic carbocycles. The Hall–Kier alpha value is -1.39. The molecule has 144 valence electrons. The van der Waals surface area contributed by atoms with Crippen LogP contribution in [0.25, 0.3) is 0 Å². The monoisotopic (exact) mass is 358 g/mol. The van der Waals surface area contributed by atoms with Gasteiger partial charge in [0.2, 0.25) is 5.91 Å². The summed E-state index contributed by atoms with van der Waals surface area (Å²) in [5.74, 6) is 1.32. The minimum Gasteiger partial charge on any atom is -0.342 e. The van der Waals surface area contributed by atoms with Crippen molar-refractivity contribution in [3.63, 3.8) is 0 Å². The van der Waals surface area contributed by atoms with E-state index in [0.717, 1.165) is 45.2 Å². The quantitative estimate of drug-likeness (QED) is 0.788. The van der Waals surface area contributed by atoms with E-state index in [0.29, 0.717) is 29.2 Å². The van der Waals surface area contributed by atoms with E-state index < -0.39 is 0 Å². The number of piperidine rings is 1. The van der Waals surface area contributed by atoms with Gasteiger partial charge in [-0.1, -0.05) is 38.3 Å². The molecule has 1 saturated heterocycles. The lowest BCUT2D eigenvalue weighted by Crippen LogP contribution is -2.40. The molecule has 1 aromatic rings. The highest BCUT2D eigenvalue weighted by Crippen LogP contribution is 2.58. The number of hydrogen-bond donors (Lipinski definition) is 0. The Bertz CT molecular complexity index is 622. The maximum atomic E-state index is 12.8. The highest BCUT2D eigenvalue weighted by molar-refractivity contribution is 5.82. The van der Waals surface area contributed by atoms with Gasteiger partial charge in [-0.05, 0) is 50.4 Å². The van der Waals surface area contributed by atoms with Crippen LogP contribution in [0.5, 0.6) is 0 Å². The lowest BCUT2D eigenvalue weighted by molar-refractivity contribution is -0.134. The van der Waals surface area contributed by atoms with E-state index in [9.17, 15) is 4.79 Å². The van der Waals surface area contributed by atoms with Crippen LogP contribution in [0.4, 0.5) is 0 Å². The van der Waals surface area contributed by atoms with Crippen molar-refractivity contribution in [1.82, 2.24) is 19.9 Å². The van der Waals surface area contributed by atoms with Gasteiger partial charge in [0.15, 0.2) is 0 Å². The summed E-state index contributed by atoms with van der Waals surface area (Å²) in [6.45, 7) is 6.22. The molecule has 3 fully saturated rings. The number of aromatic nitrogens is 3. The Morgan fingerprint density at radius 2 is 1.81 bits per heavy atom. The van der Waals surface area contributed by atoms with Crippen molar-refractivity contribution in [2.24, 2.45) is 11.3 Å². The molecule has 1 amide bonds. The van der Waals surface area contributed by atoms with E-state index >= 15 is 0 Å². The van der Waals surface area contributed by atoms with Crippen LogP contribution in [0.1, 0.15) is 95.7 Å². The van der Waals surface area contributed by atoms with Crippen molar-refractivity contribution in [3.8, 4) is 0 Å². The Labute approximate surface area is 157 Å². The van der Waals surface area contributed by atoms with Crippen LogP contribution >= 0.6 is 0 Å². The zero-order valence-corrected chi connectivity index (χ0v) is 16.5. The van der Waals surface area contributed by atoms with Crippen LogP contribution in [-0.2, 0) is 4.79 Å². The van der Waals surface area contributed by atoms with Crippen LogP contribution in [0.3, 0.4) is 0 Å². The van der Waals surface area contributed by atoms with Crippen LogP contribution < -0.4 is 0 Å². The first-order valence-corrected chi connectivity index (χ1v) is 10.9. The maximum Gasteiger partial charge on any atom is 0.226 e. The molecule has 0 bridgehead atoms. The molecule has 1 aromatic heterocycles. The normalized spacial score (nSPS) is 26.8. The summed E-state index contributed by atoms with van der Waals surface area (Å²) >= 11 is 0. The standard InChI is InChI=1S/C21H34N4O/c1-3-21(4-2)14-18(21)20(26)24-12-10-17(11-13-24)25-15-19(22-23-25)16-8-6-5-7-9-16/h15-18H,3-14H2,1-2H3/t18-/m0/s1. The second-order valence-corrected chi connectivity index (χ2v) is 8.84. The lowest BCUT2D eigenvalue weighted by Gasteiger charge is -2.32. The van der Waals surface area contributed by atoms with Crippen molar-refractivity contribution in [1.29, 1.82) is 0 Å². The van der Waals surface area contributed by atoms with Crippen LogP contribution in [0.2, 0.25) is 0 Å². The van der Waals surface area contributed by atoms with Crippen molar-refractivity contribution in [2.45, 2.75) is 90.0 Å². The first-order valence-electron chi connectivity index (χ1n) is 10.9. The minimum absolute atomic E-state index is 0.290. The Balaban J connectivity index is 1.31. The highest BCUT2D eigenvalue weighted by atomic mass is 16.2. The Morgan fingerprint density at radius 1 is 1.12 bits per heavy atom. The molecule has 26 heavy (non-hydrogen) atoms. The zero-order valence-electron chi connectivity index (χ0n) is 16.5. The SMILES string of the molecule is CCC1(CC)C[C@H]1C(=O)N1CCC(n2cc(C3CCCCC3)nn2)CC1. The molecular weight excluding hydrogens is 324 g/mol. The largest absolute Gasteiger partial charge is 0.342 e. The topological polar surface area (TPSA) is 51.0 Å². The van der Waals surface area contributed by atoms with Gasteiger partial charge in [-0.25, -0.2) is 4.68 Å². The molecule has 5 heteroatoms. The average molecular weight is 359 g/mol.